The van der Waals surface area contributed by atoms with Crippen LogP contribution in [0.3, 0.4) is 0 Å². The van der Waals surface area contributed by atoms with Gasteiger partial charge < -0.3 is 10.6 Å². The standard InChI is InChI=1S/C16H13Cl2FN4O2/c17-13-6-1-10(7-14(13)18)8-21-23-15(24)9-20-16(25)22-12-4-2-11(19)3-5-12/h1-8H,9H2,(H,23,24)(H2,20,22,25)/b21-8+. The minimum Gasteiger partial charge on any atom is -0.329 e. The van der Waals surface area contributed by atoms with Gasteiger partial charge in [-0.15, -0.1) is 0 Å². The van der Waals surface area contributed by atoms with Gasteiger partial charge in [0.15, 0.2) is 0 Å². The fourth-order valence-corrected chi connectivity index (χ4v) is 1.99. The Morgan fingerprint density at radius 3 is 2.48 bits per heavy atom. The number of anilines is 1. The molecule has 0 saturated carbocycles. The van der Waals surface area contributed by atoms with Crippen molar-refractivity contribution in [3.05, 3.63) is 63.9 Å². The van der Waals surface area contributed by atoms with Crippen LogP contribution in [-0.4, -0.2) is 24.7 Å². The van der Waals surface area contributed by atoms with Crippen molar-refractivity contribution in [3.8, 4) is 0 Å². The van der Waals surface area contributed by atoms with Gasteiger partial charge in [0, 0.05) is 5.69 Å². The predicted octanol–water partition coefficient (Wildman–Crippen LogP) is 3.40. The molecule has 130 valence electrons. The fraction of sp³-hybridized carbons (Fsp3) is 0.0625. The zero-order chi connectivity index (χ0) is 18.2. The number of halogens is 3. The Morgan fingerprint density at radius 2 is 1.80 bits per heavy atom. The molecule has 3 amide bonds. The van der Waals surface area contributed by atoms with Crippen LogP contribution < -0.4 is 16.1 Å². The first-order chi connectivity index (χ1) is 11.9. The molecule has 0 aliphatic carbocycles. The maximum atomic E-state index is 12.8. The molecule has 2 aromatic rings. The van der Waals surface area contributed by atoms with Gasteiger partial charge >= 0.3 is 6.03 Å². The molecule has 2 aromatic carbocycles. The Kier molecular flexibility index (Phi) is 6.73. The maximum Gasteiger partial charge on any atom is 0.319 e. The SMILES string of the molecule is O=C(CNC(=O)Nc1ccc(F)cc1)N/N=C/c1ccc(Cl)c(Cl)c1. The van der Waals surface area contributed by atoms with E-state index in [2.05, 4.69) is 21.2 Å². The summed E-state index contributed by atoms with van der Waals surface area (Å²) in [6.45, 7) is -0.286. The van der Waals surface area contributed by atoms with Crippen molar-refractivity contribution >= 4 is 47.0 Å². The summed E-state index contributed by atoms with van der Waals surface area (Å²) in [5, 5.41) is 9.33. The minimum atomic E-state index is -0.602. The van der Waals surface area contributed by atoms with Crippen LogP contribution in [0.4, 0.5) is 14.9 Å². The molecule has 0 bridgehead atoms. The van der Waals surface area contributed by atoms with Gasteiger partial charge in [-0.2, -0.15) is 5.10 Å². The second-order valence-corrected chi connectivity index (χ2v) is 5.60. The summed E-state index contributed by atoms with van der Waals surface area (Å²) in [4.78, 5) is 23.2. The number of nitrogens with one attached hydrogen (secondary N) is 3. The molecule has 0 aromatic heterocycles. The number of hydrogen-bond acceptors (Lipinski definition) is 3. The van der Waals surface area contributed by atoms with Gasteiger partial charge in [0.1, 0.15) is 12.4 Å². The van der Waals surface area contributed by atoms with Crippen LogP contribution in [0.15, 0.2) is 47.6 Å². The van der Waals surface area contributed by atoms with Gasteiger partial charge in [0.2, 0.25) is 0 Å². The first kappa shape index (κ1) is 18.7. The van der Waals surface area contributed by atoms with E-state index in [0.29, 0.717) is 21.3 Å². The van der Waals surface area contributed by atoms with E-state index in [1.807, 2.05) is 0 Å². The van der Waals surface area contributed by atoms with Crippen molar-refractivity contribution < 1.29 is 14.0 Å². The summed E-state index contributed by atoms with van der Waals surface area (Å²) < 4.78 is 12.8. The average molecular weight is 383 g/mol. The molecule has 0 aliphatic heterocycles. The zero-order valence-corrected chi connectivity index (χ0v) is 14.2. The molecule has 0 unspecified atom stereocenters. The number of urea groups is 1. The van der Waals surface area contributed by atoms with Crippen LogP contribution in [0.25, 0.3) is 0 Å². The van der Waals surface area contributed by atoms with Gasteiger partial charge in [-0.3, -0.25) is 4.79 Å². The smallest absolute Gasteiger partial charge is 0.319 e. The molecule has 0 spiro atoms. The molecule has 0 heterocycles. The van der Waals surface area contributed by atoms with Crippen LogP contribution >= 0.6 is 23.2 Å². The predicted molar refractivity (Wildman–Crippen MR) is 95.6 cm³/mol. The van der Waals surface area contributed by atoms with E-state index >= 15 is 0 Å². The van der Waals surface area contributed by atoms with E-state index in [0.717, 1.165) is 0 Å². The van der Waals surface area contributed by atoms with Crippen LogP contribution in [0.1, 0.15) is 5.56 Å². The molecule has 2 rings (SSSR count). The maximum absolute atomic E-state index is 12.8. The second kappa shape index (κ2) is 9.00. The quantitative estimate of drug-likeness (QED) is 0.546. The average Bonchev–Trinajstić information content (AvgIpc) is 2.58. The monoisotopic (exact) mass is 382 g/mol. The number of nitrogens with zero attached hydrogens (tertiary/aromatic N) is 1. The minimum absolute atomic E-state index is 0.286. The van der Waals surface area contributed by atoms with Crippen molar-refractivity contribution in [2.75, 3.05) is 11.9 Å². The van der Waals surface area contributed by atoms with Gasteiger partial charge in [-0.1, -0.05) is 29.3 Å². The molecule has 0 aliphatic rings. The number of carbonyl (C=O) groups excluding carboxylic acids is 2. The molecule has 0 radical (unpaired) electrons. The fourth-order valence-electron chi connectivity index (χ4n) is 1.68. The summed E-state index contributed by atoms with van der Waals surface area (Å²) in [7, 11) is 0. The number of amides is 3. The molecule has 9 heteroatoms. The normalized spacial score (nSPS) is 10.5. The molecular formula is C16H13Cl2FN4O2. The lowest BCUT2D eigenvalue weighted by molar-refractivity contribution is -0.120. The first-order valence-electron chi connectivity index (χ1n) is 7.01. The Bertz CT molecular complexity index is 797. The van der Waals surface area contributed by atoms with E-state index < -0.39 is 17.8 Å². The van der Waals surface area contributed by atoms with E-state index in [4.69, 9.17) is 23.2 Å². The topological polar surface area (TPSA) is 82.6 Å². The largest absolute Gasteiger partial charge is 0.329 e. The van der Waals surface area contributed by atoms with E-state index in [9.17, 15) is 14.0 Å². The van der Waals surface area contributed by atoms with Gasteiger partial charge in [0.05, 0.1) is 16.3 Å². The van der Waals surface area contributed by atoms with Gasteiger partial charge in [-0.05, 0) is 42.0 Å². The summed E-state index contributed by atoms with van der Waals surface area (Å²) >= 11 is 11.6. The third kappa shape index (κ3) is 6.40. The third-order valence-corrected chi connectivity index (χ3v) is 3.60. The van der Waals surface area contributed by atoms with Crippen LogP contribution in [0.5, 0.6) is 0 Å². The molecule has 0 saturated heterocycles. The summed E-state index contributed by atoms with van der Waals surface area (Å²) in [5.41, 5.74) is 3.30. The number of carbonyl (C=O) groups is 2. The summed E-state index contributed by atoms with van der Waals surface area (Å²) in [5.74, 6) is -0.935. The lowest BCUT2D eigenvalue weighted by Crippen LogP contribution is -2.37. The highest BCUT2D eigenvalue weighted by Crippen LogP contribution is 2.21. The van der Waals surface area contributed by atoms with Crippen molar-refractivity contribution in [1.29, 1.82) is 0 Å². The van der Waals surface area contributed by atoms with Crippen molar-refractivity contribution in [2.24, 2.45) is 5.10 Å². The lowest BCUT2D eigenvalue weighted by atomic mass is 10.2. The van der Waals surface area contributed by atoms with E-state index in [-0.39, 0.29) is 6.54 Å². The summed E-state index contributed by atoms with van der Waals surface area (Å²) in [6, 6.07) is 9.49. The number of hydrogen-bond donors (Lipinski definition) is 3. The number of rotatable bonds is 5. The van der Waals surface area contributed by atoms with Crippen LogP contribution in [-0.2, 0) is 4.79 Å². The molecule has 25 heavy (non-hydrogen) atoms. The Hall–Kier alpha value is -2.64. The highest BCUT2D eigenvalue weighted by molar-refractivity contribution is 6.42. The van der Waals surface area contributed by atoms with Crippen molar-refractivity contribution in [1.82, 2.24) is 10.7 Å². The highest BCUT2D eigenvalue weighted by atomic mass is 35.5. The Morgan fingerprint density at radius 1 is 1.08 bits per heavy atom. The van der Waals surface area contributed by atoms with Crippen molar-refractivity contribution in [3.63, 3.8) is 0 Å². The first-order valence-corrected chi connectivity index (χ1v) is 7.77. The lowest BCUT2D eigenvalue weighted by Gasteiger charge is -2.06. The molecule has 3 N–H and O–H groups in total. The molecule has 6 nitrogen and oxygen atoms in total. The van der Waals surface area contributed by atoms with Crippen LogP contribution in [0, 0.1) is 5.82 Å². The molecule has 0 atom stereocenters. The zero-order valence-electron chi connectivity index (χ0n) is 12.7. The Labute approximate surface area is 153 Å². The molecular weight excluding hydrogens is 370 g/mol. The Balaban J connectivity index is 1.74. The van der Waals surface area contributed by atoms with Gasteiger partial charge in [0.25, 0.3) is 5.91 Å². The van der Waals surface area contributed by atoms with Gasteiger partial charge in [-0.25, -0.2) is 14.6 Å². The van der Waals surface area contributed by atoms with Crippen molar-refractivity contribution in [2.45, 2.75) is 0 Å². The number of benzene rings is 2. The van der Waals surface area contributed by atoms with Crippen LogP contribution in [0.2, 0.25) is 10.0 Å². The van der Waals surface area contributed by atoms with E-state index in [1.54, 1.807) is 18.2 Å². The third-order valence-electron chi connectivity index (χ3n) is 2.86. The molecule has 0 fully saturated rings. The highest BCUT2D eigenvalue weighted by Gasteiger charge is 2.05. The van der Waals surface area contributed by atoms with E-state index in [1.165, 1.54) is 30.5 Å². The second-order valence-electron chi connectivity index (χ2n) is 4.78. The summed E-state index contributed by atoms with van der Waals surface area (Å²) in [6.07, 6.45) is 1.39. The number of hydrazone groups is 1.